The highest BCUT2D eigenvalue weighted by molar-refractivity contribution is 7.91. The maximum Gasteiger partial charge on any atom is 0.252 e. The Labute approximate surface area is 105 Å². The second-order valence-corrected chi connectivity index (χ2v) is 6.86. The highest BCUT2D eigenvalue weighted by atomic mass is 32.2. The summed E-state index contributed by atoms with van der Waals surface area (Å²) in [5.41, 5.74) is 0. The summed E-state index contributed by atoms with van der Waals surface area (Å²) >= 11 is 0.939. The van der Waals surface area contributed by atoms with Crippen LogP contribution in [0.15, 0.2) is 16.3 Å². The van der Waals surface area contributed by atoms with Crippen molar-refractivity contribution in [1.82, 2.24) is 4.31 Å². The van der Waals surface area contributed by atoms with Crippen LogP contribution in [0.5, 0.6) is 0 Å². The minimum Gasteiger partial charge on any atom is -0.395 e. The highest BCUT2D eigenvalue weighted by Crippen LogP contribution is 2.25. The van der Waals surface area contributed by atoms with Crippen molar-refractivity contribution in [3.05, 3.63) is 17.0 Å². The molecule has 0 atom stereocenters. The van der Waals surface area contributed by atoms with E-state index in [1.807, 2.05) is 6.07 Å². The monoisotopic (exact) mass is 274 g/mol. The van der Waals surface area contributed by atoms with Gasteiger partial charge in [-0.15, -0.1) is 11.3 Å². The number of sulfonamides is 1. The zero-order valence-corrected chi connectivity index (χ0v) is 11.3. The van der Waals surface area contributed by atoms with Crippen molar-refractivity contribution in [2.24, 2.45) is 0 Å². The van der Waals surface area contributed by atoms with Gasteiger partial charge in [0.2, 0.25) is 0 Å². The summed E-state index contributed by atoms with van der Waals surface area (Å²) in [6, 6.07) is 4.57. The van der Waals surface area contributed by atoms with Crippen LogP contribution in [0.1, 0.15) is 18.7 Å². The summed E-state index contributed by atoms with van der Waals surface area (Å²) in [5, 5.41) is 17.6. The largest absolute Gasteiger partial charge is 0.395 e. The molecule has 7 heteroatoms. The summed E-state index contributed by atoms with van der Waals surface area (Å²) in [6.07, 6.45) is 0. The van der Waals surface area contributed by atoms with Crippen LogP contribution in [0.25, 0.3) is 0 Å². The lowest BCUT2D eigenvalue weighted by Gasteiger charge is -2.24. The van der Waals surface area contributed by atoms with E-state index in [9.17, 15) is 8.42 Å². The van der Waals surface area contributed by atoms with Gasteiger partial charge in [0.25, 0.3) is 10.0 Å². The zero-order chi connectivity index (χ0) is 13.1. The van der Waals surface area contributed by atoms with Crippen molar-refractivity contribution < 1.29 is 13.5 Å². The summed E-state index contributed by atoms with van der Waals surface area (Å²) < 4.78 is 25.8. The first kappa shape index (κ1) is 14.1. The predicted molar refractivity (Wildman–Crippen MR) is 65.1 cm³/mol. The maximum atomic E-state index is 12.2. The molecular weight excluding hydrogens is 260 g/mol. The van der Waals surface area contributed by atoms with E-state index in [4.69, 9.17) is 10.4 Å². The Kier molecular flexibility index (Phi) is 4.65. The van der Waals surface area contributed by atoms with E-state index in [1.54, 1.807) is 13.8 Å². The van der Waals surface area contributed by atoms with Crippen molar-refractivity contribution in [2.75, 3.05) is 13.2 Å². The van der Waals surface area contributed by atoms with Crippen LogP contribution in [0, 0.1) is 11.3 Å². The lowest BCUT2D eigenvalue weighted by atomic mass is 10.4. The summed E-state index contributed by atoms with van der Waals surface area (Å²) in [6.45, 7) is 3.31. The number of hydrogen-bond donors (Lipinski definition) is 1. The minimum atomic E-state index is -3.61. The highest BCUT2D eigenvalue weighted by Gasteiger charge is 2.27. The molecule has 1 N–H and O–H groups in total. The van der Waals surface area contributed by atoms with E-state index in [0.29, 0.717) is 4.88 Å². The molecule has 0 saturated carbocycles. The molecule has 1 aromatic heterocycles. The quantitative estimate of drug-likeness (QED) is 0.869. The first-order valence-corrected chi connectivity index (χ1v) is 7.31. The van der Waals surface area contributed by atoms with Crippen molar-refractivity contribution in [2.45, 2.75) is 24.1 Å². The maximum absolute atomic E-state index is 12.2. The van der Waals surface area contributed by atoms with Crippen LogP contribution in [0.4, 0.5) is 0 Å². The van der Waals surface area contributed by atoms with E-state index >= 15 is 0 Å². The Morgan fingerprint density at radius 1 is 1.53 bits per heavy atom. The van der Waals surface area contributed by atoms with Crippen LogP contribution in [0.3, 0.4) is 0 Å². The second-order valence-electron chi connectivity index (χ2n) is 3.66. The number of thiophene rings is 1. The van der Waals surface area contributed by atoms with Crippen LogP contribution < -0.4 is 0 Å². The first-order valence-electron chi connectivity index (χ1n) is 5.06. The molecule has 0 bridgehead atoms. The number of rotatable bonds is 5. The third-order valence-corrected chi connectivity index (χ3v) is 5.68. The van der Waals surface area contributed by atoms with Gasteiger partial charge in [0.1, 0.15) is 15.2 Å². The third kappa shape index (κ3) is 3.04. The Balaban J connectivity index is 3.12. The molecule has 1 heterocycles. The van der Waals surface area contributed by atoms with E-state index in [0.717, 1.165) is 11.3 Å². The SMILES string of the molecule is CC(C)N(CCO)S(=O)(=O)c1ccc(C#N)s1. The van der Waals surface area contributed by atoms with Crippen LogP contribution >= 0.6 is 11.3 Å². The first-order chi connectivity index (χ1) is 7.93. The molecule has 0 fully saturated rings. The average Bonchev–Trinajstić information content (AvgIpc) is 2.74. The summed E-state index contributed by atoms with van der Waals surface area (Å²) in [7, 11) is -3.61. The van der Waals surface area contributed by atoms with Gasteiger partial charge in [-0.3, -0.25) is 0 Å². The molecule has 1 aromatic rings. The van der Waals surface area contributed by atoms with Gasteiger partial charge in [-0.1, -0.05) is 0 Å². The summed E-state index contributed by atoms with van der Waals surface area (Å²) in [4.78, 5) is 0.358. The molecule has 0 aliphatic heterocycles. The molecule has 94 valence electrons. The molecule has 1 rings (SSSR count). The smallest absolute Gasteiger partial charge is 0.252 e. The van der Waals surface area contributed by atoms with Gasteiger partial charge < -0.3 is 5.11 Å². The van der Waals surface area contributed by atoms with Crippen molar-refractivity contribution >= 4 is 21.4 Å². The van der Waals surface area contributed by atoms with Gasteiger partial charge in [0, 0.05) is 12.6 Å². The van der Waals surface area contributed by atoms with Crippen LogP contribution in [-0.4, -0.2) is 37.0 Å². The molecule has 0 unspecified atom stereocenters. The fourth-order valence-corrected chi connectivity index (χ4v) is 4.25. The van der Waals surface area contributed by atoms with Gasteiger partial charge in [-0.05, 0) is 26.0 Å². The van der Waals surface area contributed by atoms with Crippen molar-refractivity contribution in [3.63, 3.8) is 0 Å². The number of aliphatic hydroxyl groups excluding tert-OH is 1. The standard InChI is InChI=1S/C10H14N2O3S2/c1-8(2)12(5-6-13)17(14,15)10-4-3-9(7-11)16-10/h3-4,8,13H,5-6H2,1-2H3. The Morgan fingerprint density at radius 3 is 2.59 bits per heavy atom. The van der Waals surface area contributed by atoms with E-state index in [1.165, 1.54) is 16.4 Å². The fraction of sp³-hybridized carbons (Fsp3) is 0.500. The van der Waals surface area contributed by atoms with Gasteiger partial charge in [0.05, 0.1) is 6.61 Å². The molecular formula is C10H14N2O3S2. The van der Waals surface area contributed by atoms with Crippen molar-refractivity contribution in [3.8, 4) is 6.07 Å². The van der Waals surface area contributed by atoms with Crippen molar-refractivity contribution in [1.29, 1.82) is 5.26 Å². The number of nitrogens with zero attached hydrogens (tertiary/aromatic N) is 2. The van der Waals surface area contributed by atoms with E-state index < -0.39 is 10.0 Å². The predicted octanol–water partition coefficient (Wildman–Crippen LogP) is 1.01. The van der Waals surface area contributed by atoms with Gasteiger partial charge in [-0.25, -0.2) is 8.42 Å². The molecule has 0 aromatic carbocycles. The molecule has 0 amide bonds. The fourth-order valence-electron chi connectivity index (χ4n) is 1.39. The van der Waals surface area contributed by atoms with E-state index in [2.05, 4.69) is 0 Å². The molecule has 17 heavy (non-hydrogen) atoms. The van der Waals surface area contributed by atoms with Crippen LogP contribution in [-0.2, 0) is 10.0 Å². The molecule has 0 aliphatic rings. The molecule has 5 nitrogen and oxygen atoms in total. The zero-order valence-electron chi connectivity index (χ0n) is 9.62. The van der Waals surface area contributed by atoms with Crippen LogP contribution in [0.2, 0.25) is 0 Å². The average molecular weight is 274 g/mol. The van der Waals surface area contributed by atoms with Gasteiger partial charge in [-0.2, -0.15) is 9.57 Å². The van der Waals surface area contributed by atoms with Gasteiger partial charge >= 0.3 is 0 Å². The number of hydrogen-bond acceptors (Lipinski definition) is 5. The normalized spacial score (nSPS) is 12.0. The molecule has 0 radical (unpaired) electrons. The Bertz CT molecular complexity index is 514. The molecule has 0 saturated heterocycles. The van der Waals surface area contributed by atoms with E-state index in [-0.39, 0.29) is 23.4 Å². The summed E-state index contributed by atoms with van der Waals surface area (Å²) in [5.74, 6) is 0. The molecule has 0 aliphatic carbocycles. The topological polar surface area (TPSA) is 81.4 Å². The Morgan fingerprint density at radius 2 is 2.18 bits per heavy atom. The minimum absolute atomic E-state index is 0.0553. The van der Waals surface area contributed by atoms with Gasteiger partial charge in [0.15, 0.2) is 0 Å². The second kappa shape index (κ2) is 5.60. The lowest BCUT2D eigenvalue weighted by molar-refractivity contribution is 0.237. The lowest BCUT2D eigenvalue weighted by Crippen LogP contribution is -2.38. The number of aliphatic hydroxyl groups is 1. The third-order valence-electron chi connectivity index (χ3n) is 2.15. The Hall–Kier alpha value is -0.940. The number of nitriles is 1. The molecule has 0 spiro atoms.